The molecule has 1 unspecified atom stereocenters. The monoisotopic (exact) mass is 497 g/mol. The van der Waals surface area contributed by atoms with Gasteiger partial charge in [0.2, 0.25) is 6.04 Å². The number of azo groups is 1. The van der Waals surface area contributed by atoms with Gasteiger partial charge in [-0.2, -0.15) is 5.11 Å². The lowest BCUT2D eigenvalue weighted by molar-refractivity contribution is -0.126. The van der Waals surface area contributed by atoms with Crippen molar-refractivity contribution >= 4 is 46.3 Å². The average Bonchev–Trinajstić information content (AvgIpc) is 2.76. The van der Waals surface area contributed by atoms with Crippen molar-refractivity contribution < 1.29 is 28.5 Å². The third-order valence-corrected chi connectivity index (χ3v) is 4.80. The van der Waals surface area contributed by atoms with Crippen LogP contribution in [0.3, 0.4) is 0 Å². The zero-order valence-electron chi connectivity index (χ0n) is 18.9. The molecule has 178 valence electrons. The lowest BCUT2D eigenvalue weighted by atomic mass is 10.2. The zero-order chi connectivity index (χ0) is 24.5. The number of methoxy groups -OCH3 is 2. The summed E-state index contributed by atoms with van der Waals surface area (Å²) in [6, 6.07) is 4.67. The molecule has 11 heteroatoms. The number of benzene rings is 2. The topological polar surface area (TPSA) is 108 Å². The molecule has 0 spiro atoms. The van der Waals surface area contributed by atoms with E-state index in [9.17, 15) is 9.59 Å². The molecule has 0 bridgehead atoms. The fraction of sp³-hybridized carbons (Fsp3) is 0.364. The summed E-state index contributed by atoms with van der Waals surface area (Å²) in [5.74, 6) is 0.208. The predicted octanol–water partition coefficient (Wildman–Crippen LogP) is 5.49. The normalized spacial score (nSPS) is 11.7. The van der Waals surface area contributed by atoms with Crippen LogP contribution in [0.15, 0.2) is 34.5 Å². The van der Waals surface area contributed by atoms with E-state index in [1.807, 2.05) is 6.92 Å². The van der Waals surface area contributed by atoms with E-state index in [4.69, 9.17) is 42.1 Å². The van der Waals surface area contributed by atoms with Gasteiger partial charge in [0.15, 0.2) is 23.0 Å². The molecular formula is C22H25Cl2N3O6. The number of nitrogens with zero attached hydrogens (tertiary/aromatic N) is 2. The molecule has 0 aliphatic heterocycles. The summed E-state index contributed by atoms with van der Waals surface area (Å²) in [4.78, 5) is 25.0. The number of hydrogen-bond donors (Lipinski definition) is 1. The number of carbonyl (C=O) groups excluding carboxylic acids is 2. The standard InChI is InChI=1S/C22H25Cl2N3O6/c1-6-32-18-9-13(8-16(24)21(18)33-7-2)25-22(29)19(12(3)28)26-27-20-15(23)10-14(30-4)11-17(20)31-5/h8-11,19H,6-7H2,1-5H3,(H,25,29). The molecular weight excluding hydrogens is 473 g/mol. The van der Waals surface area contributed by atoms with Crippen LogP contribution in [0, 0.1) is 0 Å². The summed E-state index contributed by atoms with van der Waals surface area (Å²) in [7, 11) is 2.90. The predicted molar refractivity (Wildman–Crippen MR) is 126 cm³/mol. The fourth-order valence-corrected chi connectivity index (χ4v) is 3.26. The third-order valence-electron chi connectivity index (χ3n) is 4.23. The Morgan fingerprint density at radius 3 is 2.24 bits per heavy atom. The van der Waals surface area contributed by atoms with Crippen LogP contribution in [0.1, 0.15) is 20.8 Å². The van der Waals surface area contributed by atoms with Crippen LogP contribution in [-0.2, 0) is 9.59 Å². The molecule has 2 aromatic carbocycles. The lowest BCUT2D eigenvalue weighted by Crippen LogP contribution is -2.31. The van der Waals surface area contributed by atoms with Crippen LogP contribution in [0.25, 0.3) is 0 Å². The molecule has 0 saturated carbocycles. The molecule has 0 aliphatic rings. The van der Waals surface area contributed by atoms with E-state index in [-0.39, 0.29) is 21.5 Å². The second-order valence-corrected chi connectivity index (χ2v) is 7.34. The fourth-order valence-electron chi connectivity index (χ4n) is 2.75. The number of amides is 1. The maximum atomic E-state index is 12.8. The molecule has 1 atom stereocenters. The summed E-state index contributed by atoms with van der Waals surface area (Å²) in [6.45, 7) is 5.60. The second kappa shape index (κ2) is 12.3. The molecule has 1 amide bonds. The highest BCUT2D eigenvalue weighted by Gasteiger charge is 2.25. The molecule has 0 aliphatic carbocycles. The van der Waals surface area contributed by atoms with Gasteiger partial charge in [0.05, 0.1) is 37.5 Å². The average molecular weight is 498 g/mol. The van der Waals surface area contributed by atoms with Crippen LogP contribution in [0.2, 0.25) is 10.0 Å². The quantitative estimate of drug-likeness (QED) is 0.324. The number of ether oxygens (including phenoxy) is 4. The minimum atomic E-state index is -1.44. The Bertz CT molecular complexity index is 1050. The highest BCUT2D eigenvalue weighted by atomic mass is 35.5. The largest absolute Gasteiger partial charge is 0.497 e. The van der Waals surface area contributed by atoms with Gasteiger partial charge in [-0.1, -0.05) is 23.2 Å². The smallest absolute Gasteiger partial charge is 0.258 e. The first kappa shape index (κ1) is 26.2. The minimum Gasteiger partial charge on any atom is -0.497 e. The van der Waals surface area contributed by atoms with Crippen LogP contribution in [0.4, 0.5) is 11.4 Å². The van der Waals surface area contributed by atoms with E-state index in [2.05, 4.69) is 15.5 Å². The number of carbonyl (C=O) groups is 2. The summed E-state index contributed by atoms with van der Waals surface area (Å²) < 4.78 is 21.5. The van der Waals surface area contributed by atoms with Gasteiger partial charge >= 0.3 is 0 Å². The molecule has 9 nitrogen and oxygen atoms in total. The zero-order valence-corrected chi connectivity index (χ0v) is 20.4. The van der Waals surface area contributed by atoms with Gasteiger partial charge in [-0.25, -0.2) is 0 Å². The summed E-state index contributed by atoms with van der Waals surface area (Å²) in [5.41, 5.74) is 0.458. The Hall–Kier alpha value is -3.04. The first-order valence-electron chi connectivity index (χ1n) is 9.98. The second-order valence-electron chi connectivity index (χ2n) is 6.53. The van der Waals surface area contributed by atoms with Crippen molar-refractivity contribution in [2.75, 3.05) is 32.8 Å². The number of hydrogen-bond acceptors (Lipinski definition) is 8. The molecule has 0 radical (unpaired) electrons. The van der Waals surface area contributed by atoms with Crippen molar-refractivity contribution in [3.63, 3.8) is 0 Å². The van der Waals surface area contributed by atoms with E-state index >= 15 is 0 Å². The number of Topliss-reactive ketones (excluding diaryl/α,β-unsaturated/α-hetero) is 1. The maximum Gasteiger partial charge on any atom is 0.258 e. The number of anilines is 1. The molecule has 0 saturated heterocycles. The van der Waals surface area contributed by atoms with Gasteiger partial charge in [-0.15, -0.1) is 5.11 Å². The molecule has 0 fully saturated rings. The third kappa shape index (κ3) is 6.72. The highest BCUT2D eigenvalue weighted by Crippen LogP contribution is 2.40. The van der Waals surface area contributed by atoms with Crippen molar-refractivity contribution in [3.8, 4) is 23.0 Å². The van der Waals surface area contributed by atoms with E-state index in [0.717, 1.165) is 0 Å². The summed E-state index contributed by atoms with van der Waals surface area (Å²) >= 11 is 12.5. The van der Waals surface area contributed by atoms with Crippen LogP contribution in [0.5, 0.6) is 23.0 Å². The summed E-state index contributed by atoms with van der Waals surface area (Å²) in [6.07, 6.45) is 0. The van der Waals surface area contributed by atoms with Crippen molar-refractivity contribution in [2.24, 2.45) is 10.2 Å². The number of halogens is 2. The minimum absolute atomic E-state index is 0.154. The molecule has 0 heterocycles. The molecule has 2 rings (SSSR count). The van der Waals surface area contributed by atoms with Gasteiger partial charge in [-0.3, -0.25) is 9.59 Å². The van der Waals surface area contributed by atoms with E-state index < -0.39 is 17.7 Å². The van der Waals surface area contributed by atoms with Gasteiger partial charge < -0.3 is 24.3 Å². The molecule has 0 aromatic heterocycles. The SMILES string of the molecule is CCOc1cc(NC(=O)C(N=Nc2c(Cl)cc(OC)cc2OC)C(C)=O)cc(Cl)c1OCC. The number of nitrogens with one attached hydrogen (secondary N) is 1. The van der Waals surface area contributed by atoms with Crippen LogP contribution in [-0.4, -0.2) is 45.2 Å². The Morgan fingerprint density at radius 1 is 0.970 bits per heavy atom. The Balaban J connectivity index is 2.33. The van der Waals surface area contributed by atoms with Crippen molar-refractivity contribution in [1.29, 1.82) is 0 Å². The van der Waals surface area contributed by atoms with Gasteiger partial charge in [-0.05, 0) is 26.8 Å². The van der Waals surface area contributed by atoms with Crippen molar-refractivity contribution in [2.45, 2.75) is 26.8 Å². The van der Waals surface area contributed by atoms with Crippen LogP contribution >= 0.6 is 23.2 Å². The van der Waals surface area contributed by atoms with E-state index in [1.165, 1.54) is 33.3 Å². The number of rotatable bonds is 11. The molecule has 33 heavy (non-hydrogen) atoms. The van der Waals surface area contributed by atoms with Gasteiger partial charge in [0.25, 0.3) is 5.91 Å². The van der Waals surface area contributed by atoms with E-state index in [1.54, 1.807) is 19.1 Å². The number of ketones is 1. The van der Waals surface area contributed by atoms with Crippen LogP contribution < -0.4 is 24.3 Å². The van der Waals surface area contributed by atoms with Crippen molar-refractivity contribution in [1.82, 2.24) is 0 Å². The Kier molecular flexibility index (Phi) is 9.74. The molecule has 2 aromatic rings. The maximum absolute atomic E-state index is 12.8. The van der Waals surface area contributed by atoms with E-state index in [0.29, 0.717) is 36.1 Å². The Morgan fingerprint density at radius 2 is 1.67 bits per heavy atom. The van der Waals surface area contributed by atoms with Gasteiger partial charge in [0.1, 0.15) is 11.4 Å². The Labute approximate surface area is 202 Å². The molecule has 1 N–H and O–H groups in total. The first-order valence-corrected chi connectivity index (χ1v) is 10.7. The summed E-state index contributed by atoms with van der Waals surface area (Å²) in [5, 5.41) is 10.9. The van der Waals surface area contributed by atoms with Crippen molar-refractivity contribution in [3.05, 3.63) is 34.3 Å². The first-order chi connectivity index (χ1) is 15.7. The van der Waals surface area contributed by atoms with Gasteiger partial charge in [0, 0.05) is 23.9 Å². The lowest BCUT2D eigenvalue weighted by Gasteiger charge is -2.15. The highest BCUT2D eigenvalue weighted by molar-refractivity contribution is 6.33.